The molecule has 2 unspecified atom stereocenters. The van der Waals surface area contributed by atoms with Crippen molar-refractivity contribution in [3.8, 4) is 0 Å². The van der Waals surface area contributed by atoms with Gasteiger partial charge < -0.3 is 5.32 Å². The van der Waals surface area contributed by atoms with Crippen LogP contribution in [0.25, 0.3) is 0 Å². The van der Waals surface area contributed by atoms with Crippen molar-refractivity contribution in [2.75, 3.05) is 13.1 Å². The van der Waals surface area contributed by atoms with Crippen molar-refractivity contribution in [3.63, 3.8) is 0 Å². The van der Waals surface area contributed by atoms with Gasteiger partial charge in [-0.25, -0.2) is 4.39 Å². The van der Waals surface area contributed by atoms with Gasteiger partial charge in [0.25, 0.3) is 0 Å². The summed E-state index contributed by atoms with van der Waals surface area (Å²) in [5, 5.41) is 3.52. The molecule has 1 N–H and O–H groups in total. The molecule has 0 aliphatic carbocycles. The lowest BCUT2D eigenvalue weighted by atomic mass is 10.1. The number of hydrogen-bond donors (Lipinski definition) is 1. The molecule has 102 valence electrons. The van der Waals surface area contributed by atoms with Gasteiger partial charge in [-0.15, -0.1) is 12.4 Å². The number of nitrogens with one attached hydrogen (secondary N) is 1. The third-order valence-electron chi connectivity index (χ3n) is 3.33. The molecule has 0 aromatic heterocycles. The maximum atomic E-state index is 13.0. The number of hydrogen-bond acceptors (Lipinski definition) is 2. The zero-order valence-corrected chi connectivity index (χ0v) is 12.1. The maximum absolute atomic E-state index is 13.0. The van der Waals surface area contributed by atoms with Crippen molar-refractivity contribution < 1.29 is 4.39 Å². The normalized spacial score (nSPS) is 24.7. The second-order valence-corrected chi connectivity index (χ2v) is 5.23. The summed E-state index contributed by atoms with van der Waals surface area (Å²) in [5.74, 6) is -0.145. The molecule has 1 aliphatic heterocycles. The van der Waals surface area contributed by atoms with Crippen LogP contribution in [0.3, 0.4) is 0 Å². The number of rotatable bonds is 2. The van der Waals surface area contributed by atoms with Crippen LogP contribution in [-0.2, 0) is 6.54 Å². The molecule has 1 aromatic carbocycles. The van der Waals surface area contributed by atoms with Crippen LogP contribution >= 0.6 is 12.4 Å². The van der Waals surface area contributed by atoms with E-state index in [4.69, 9.17) is 0 Å². The monoisotopic (exact) mass is 272 g/mol. The fourth-order valence-corrected chi connectivity index (χ4v) is 2.65. The second-order valence-electron chi connectivity index (χ2n) is 5.23. The summed E-state index contributed by atoms with van der Waals surface area (Å²) in [6.45, 7) is 9.43. The van der Waals surface area contributed by atoms with Gasteiger partial charge in [-0.1, -0.05) is 6.07 Å². The number of halogens is 2. The molecule has 0 amide bonds. The van der Waals surface area contributed by atoms with Crippen molar-refractivity contribution in [1.82, 2.24) is 10.2 Å². The Morgan fingerprint density at radius 1 is 1.28 bits per heavy atom. The standard InChI is InChI=1S/C14H21FN2.ClH/c1-10-6-14(15)5-4-13(10)9-17-7-11(2)16-12(3)8-17;/h4-6,11-12,16H,7-9H2,1-3H3;1H. The van der Waals surface area contributed by atoms with Crippen LogP contribution < -0.4 is 5.32 Å². The number of nitrogens with zero attached hydrogens (tertiary/aromatic N) is 1. The summed E-state index contributed by atoms with van der Waals surface area (Å²) >= 11 is 0. The van der Waals surface area contributed by atoms with Gasteiger partial charge in [0, 0.05) is 31.7 Å². The van der Waals surface area contributed by atoms with E-state index in [9.17, 15) is 4.39 Å². The van der Waals surface area contributed by atoms with Gasteiger partial charge in [0.15, 0.2) is 0 Å². The second kappa shape index (κ2) is 6.50. The highest BCUT2D eigenvalue weighted by Crippen LogP contribution is 2.15. The topological polar surface area (TPSA) is 15.3 Å². The van der Waals surface area contributed by atoms with E-state index < -0.39 is 0 Å². The first kappa shape index (κ1) is 15.4. The predicted octanol–water partition coefficient (Wildman–Crippen LogP) is 2.74. The van der Waals surface area contributed by atoms with E-state index in [1.807, 2.05) is 13.0 Å². The minimum atomic E-state index is -0.145. The summed E-state index contributed by atoms with van der Waals surface area (Å²) in [7, 11) is 0. The Morgan fingerprint density at radius 2 is 1.89 bits per heavy atom. The quantitative estimate of drug-likeness (QED) is 0.891. The van der Waals surface area contributed by atoms with Gasteiger partial charge >= 0.3 is 0 Å². The maximum Gasteiger partial charge on any atom is 0.123 e. The van der Waals surface area contributed by atoms with Crippen molar-refractivity contribution >= 4 is 12.4 Å². The fraction of sp³-hybridized carbons (Fsp3) is 0.571. The van der Waals surface area contributed by atoms with Crippen molar-refractivity contribution in [1.29, 1.82) is 0 Å². The molecule has 2 atom stereocenters. The summed E-state index contributed by atoms with van der Waals surface area (Å²) in [4.78, 5) is 2.44. The fourth-order valence-electron chi connectivity index (χ4n) is 2.65. The molecule has 1 aromatic rings. The van der Waals surface area contributed by atoms with E-state index in [0.717, 1.165) is 25.2 Å². The number of piperazine rings is 1. The highest BCUT2D eigenvalue weighted by Gasteiger charge is 2.21. The molecule has 1 fully saturated rings. The highest BCUT2D eigenvalue weighted by molar-refractivity contribution is 5.85. The van der Waals surface area contributed by atoms with Crippen molar-refractivity contribution in [2.45, 2.75) is 39.4 Å². The Morgan fingerprint density at radius 3 is 2.44 bits per heavy atom. The van der Waals surface area contributed by atoms with Gasteiger partial charge in [0.05, 0.1) is 0 Å². The number of aryl methyl sites for hydroxylation is 1. The molecule has 2 rings (SSSR count). The zero-order valence-electron chi connectivity index (χ0n) is 11.2. The van der Waals surface area contributed by atoms with Gasteiger partial charge in [0.1, 0.15) is 5.82 Å². The molecule has 0 spiro atoms. The molecule has 2 nitrogen and oxygen atoms in total. The smallest absolute Gasteiger partial charge is 0.123 e. The predicted molar refractivity (Wildman–Crippen MR) is 75.7 cm³/mol. The van der Waals surface area contributed by atoms with Crippen LogP contribution in [-0.4, -0.2) is 30.1 Å². The Bertz CT molecular complexity index is 387. The minimum Gasteiger partial charge on any atom is -0.309 e. The Hall–Kier alpha value is -0.640. The van der Waals surface area contributed by atoms with Crippen LogP contribution in [0.2, 0.25) is 0 Å². The van der Waals surface area contributed by atoms with Gasteiger partial charge in [-0.3, -0.25) is 4.90 Å². The Labute approximate surface area is 115 Å². The van der Waals surface area contributed by atoms with Gasteiger partial charge in [-0.05, 0) is 44.0 Å². The average molecular weight is 273 g/mol. The summed E-state index contributed by atoms with van der Waals surface area (Å²) in [5.41, 5.74) is 2.27. The Kier molecular flexibility index (Phi) is 5.57. The van der Waals surface area contributed by atoms with Gasteiger partial charge in [0.2, 0.25) is 0 Å². The molecule has 1 heterocycles. The molecule has 18 heavy (non-hydrogen) atoms. The van der Waals surface area contributed by atoms with Crippen molar-refractivity contribution in [2.24, 2.45) is 0 Å². The lowest BCUT2D eigenvalue weighted by Gasteiger charge is -2.36. The molecular formula is C14H22ClFN2. The molecule has 1 saturated heterocycles. The third-order valence-corrected chi connectivity index (χ3v) is 3.33. The van der Waals surface area contributed by atoms with Crippen LogP contribution in [0.1, 0.15) is 25.0 Å². The molecule has 4 heteroatoms. The first-order chi connectivity index (χ1) is 8.04. The van der Waals surface area contributed by atoms with E-state index in [1.165, 1.54) is 5.56 Å². The van der Waals surface area contributed by atoms with E-state index in [-0.39, 0.29) is 18.2 Å². The van der Waals surface area contributed by atoms with Crippen LogP contribution in [0.5, 0.6) is 0 Å². The highest BCUT2D eigenvalue weighted by atomic mass is 35.5. The lowest BCUT2D eigenvalue weighted by Crippen LogP contribution is -2.53. The molecule has 0 saturated carbocycles. The van der Waals surface area contributed by atoms with Crippen LogP contribution in [0.15, 0.2) is 18.2 Å². The Balaban J connectivity index is 0.00000162. The summed E-state index contributed by atoms with van der Waals surface area (Å²) in [6, 6.07) is 6.13. The molecule has 0 bridgehead atoms. The summed E-state index contributed by atoms with van der Waals surface area (Å²) < 4.78 is 13.0. The molecular weight excluding hydrogens is 251 g/mol. The first-order valence-corrected chi connectivity index (χ1v) is 6.28. The number of benzene rings is 1. The van der Waals surface area contributed by atoms with Crippen LogP contribution in [0.4, 0.5) is 4.39 Å². The third kappa shape index (κ3) is 3.94. The van der Waals surface area contributed by atoms with Crippen molar-refractivity contribution in [3.05, 3.63) is 35.1 Å². The molecule has 0 radical (unpaired) electrons. The minimum absolute atomic E-state index is 0. The van der Waals surface area contributed by atoms with E-state index >= 15 is 0 Å². The summed E-state index contributed by atoms with van der Waals surface area (Å²) in [6.07, 6.45) is 0. The lowest BCUT2D eigenvalue weighted by molar-refractivity contribution is 0.166. The average Bonchev–Trinajstić information content (AvgIpc) is 2.21. The van der Waals surface area contributed by atoms with E-state index in [0.29, 0.717) is 12.1 Å². The SMILES string of the molecule is Cc1cc(F)ccc1CN1CC(C)NC(C)C1.Cl. The van der Waals surface area contributed by atoms with E-state index in [1.54, 1.807) is 12.1 Å². The molecule has 1 aliphatic rings. The van der Waals surface area contributed by atoms with Gasteiger partial charge in [-0.2, -0.15) is 0 Å². The largest absolute Gasteiger partial charge is 0.309 e. The van der Waals surface area contributed by atoms with E-state index in [2.05, 4.69) is 24.1 Å². The first-order valence-electron chi connectivity index (χ1n) is 6.28. The van der Waals surface area contributed by atoms with Crippen LogP contribution in [0, 0.1) is 12.7 Å². The zero-order chi connectivity index (χ0) is 12.4.